The highest BCUT2D eigenvalue weighted by Crippen LogP contribution is 2.15. The molecule has 0 aliphatic rings. The summed E-state index contributed by atoms with van der Waals surface area (Å²) in [7, 11) is 0. The summed E-state index contributed by atoms with van der Waals surface area (Å²) in [6.07, 6.45) is 0. The van der Waals surface area contributed by atoms with Gasteiger partial charge in [-0.2, -0.15) is 0 Å². The third-order valence-electron chi connectivity index (χ3n) is 1.88. The van der Waals surface area contributed by atoms with E-state index in [0.717, 1.165) is 9.88 Å². The molecule has 0 fully saturated rings. The molecule has 0 radical (unpaired) electrons. The molecule has 0 unspecified atom stereocenters. The first-order valence-electron chi connectivity index (χ1n) is 5.02. The Morgan fingerprint density at radius 1 is 1.47 bits per heavy atom. The lowest BCUT2D eigenvalue weighted by Crippen LogP contribution is -2.28. The molecule has 0 aromatic carbocycles. The van der Waals surface area contributed by atoms with Crippen LogP contribution in [0.15, 0.2) is 0 Å². The minimum absolute atomic E-state index is 0.167. The maximum atomic E-state index is 11.6. The highest BCUT2D eigenvalue weighted by molar-refractivity contribution is 7.11. The number of rotatable bonds is 6. The predicted octanol–water partition coefficient (Wildman–Crippen LogP) is 0.591. The monoisotopic (exact) mass is 258 g/mol. The van der Waals surface area contributed by atoms with Gasteiger partial charge in [-0.1, -0.05) is 0 Å². The van der Waals surface area contributed by atoms with Crippen LogP contribution in [-0.2, 0) is 9.53 Å². The molecule has 1 heterocycles. The predicted molar refractivity (Wildman–Crippen MR) is 62.4 cm³/mol. The summed E-state index contributed by atoms with van der Waals surface area (Å²) < 4.78 is 4.78. The van der Waals surface area contributed by atoms with Gasteiger partial charge < -0.3 is 15.2 Å². The molecular weight excluding hydrogens is 244 g/mol. The van der Waals surface area contributed by atoms with Gasteiger partial charge in [0, 0.05) is 11.4 Å². The number of amides is 1. The number of aromatic nitrogens is 1. The zero-order valence-corrected chi connectivity index (χ0v) is 10.5. The molecule has 0 bridgehead atoms. The maximum absolute atomic E-state index is 11.6. The molecule has 0 atom stereocenters. The lowest BCUT2D eigenvalue weighted by molar-refractivity contribution is -0.142. The van der Waals surface area contributed by atoms with E-state index < -0.39 is 5.97 Å². The van der Waals surface area contributed by atoms with Crippen molar-refractivity contribution in [2.24, 2.45) is 0 Å². The number of hydrogen-bond acceptors (Lipinski definition) is 5. The molecule has 0 spiro atoms. The number of nitrogens with zero attached hydrogens (tertiary/aromatic N) is 1. The molecule has 1 aromatic rings. The largest absolute Gasteiger partial charge is 0.480 e. The molecule has 0 aliphatic heterocycles. The van der Waals surface area contributed by atoms with Crippen LogP contribution < -0.4 is 5.32 Å². The number of carboxylic acids is 1. The van der Waals surface area contributed by atoms with Crippen molar-refractivity contribution in [1.29, 1.82) is 0 Å². The third-order valence-corrected chi connectivity index (χ3v) is 2.76. The van der Waals surface area contributed by atoms with E-state index in [0.29, 0.717) is 5.69 Å². The van der Waals surface area contributed by atoms with E-state index in [1.807, 2.05) is 13.8 Å². The lowest BCUT2D eigenvalue weighted by Gasteiger charge is -2.03. The van der Waals surface area contributed by atoms with Gasteiger partial charge in [-0.25, -0.2) is 9.78 Å². The standard InChI is InChI=1S/C10H14N2O4S/c1-6-9(12-7(2)17-6)10(15)11-3-4-16-5-8(13)14/h3-5H2,1-2H3,(H,11,15)(H,13,14). The van der Waals surface area contributed by atoms with E-state index in [4.69, 9.17) is 9.84 Å². The topological polar surface area (TPSA) is 88.5 Å². The summed E-state index contributed by atoms with van der Waals surface area (Å²) in [5, 5.41) is 11.8. The highest BCUT2D eigenvalue weighted by Gasteiger charge is 2.12. The summed E-state index contributed by atoms with van der Waals surface area (Å²) >= 11 is 1.46. The summed E-state index contributed by atoms with van der Waals surface area (Å²) in [4.78, 5) is 26.8. The molecule has 94 valence electrons. The first-order chi connectivity index (χ1) is 8.00. The Hall–Kier alpha value is -1.47. The van der Waals surface area contributed by atoms with Crippen molar-refractivity contribution >= 4 is 23.2 Å². The normalized spacial score (nSPS) is 10.2. The number of thiazole rings is 1. The molecule has 1 amide bonds. The summed E-state index contributed by atoms with van der Waals surface area (Å²) in [5.74, 6) is -1.28. The van der Waals surface area contributed by atoms with Gasteiger partial charge in [-0.05, 0) is 13.8 Å². The Kier molecular flexibility index (Phi) is 5.05. The fourth-order valence-electron chi connectivity index (χ4n) is 1.22. The average Bonchev–Trinajstić information content (AvgIpc) is 2.56. The van der Waals surface area contributed by atoms with Crippen LogP contribution in [-0.4, -0.2) is 41.7 Å². The minimum Gasteiger partial charge on any atom is -0.480 e. The number of ether oxygens (including phenoxy) is 1. The van der Waals surface area contributed by atoms with E-state index in [2.05, 4.69) is 10.3 Å². The van der Waals surface area contributed by atoms with Crippen LogP contribution in [0.5, 0.6) is 0 Å². The quantitative estimate of drug-likeness (QED) is 0.729. The van der Waals surface area contributed by atoms with Gasteiger partial charge in [0.2, 0.25) is 0 Å². The van der Waals surface area contributed by atoms with Crippen LogP contribution in [0.3, 0.4) is 0 Å². The fraction of sp³-hybridized carbons (Fsp3) is 0.500. The van der Waals surface area contributed by atoms with Crippen molar-refractivity contribution in [2.45, 2.75) is 13.8 Å². The molecule has 0 saturated carbocycles. The van der Waals surface area contributed by atoms with Gasteiger partial charge >= 0.3 is 5.97 Å². The number of carboxylic acid groups (broad SMARTS) is 1. The number of carbonyl (C=O) groups is 2. The second kappa shape index (κ2) is 6.31. The van der Waals surface area contributed by atoms with E-state index in [9.17, 15) is 9.59 Å². The van der Waals surface area contributed by atoms with Crippen molar-refractivity contribution < 1.29 is 19.4 Å². The number of carbonyl (C=O) groups excluding carboxylic acids is 1. The molecule has 17 heavy (non-hydrogen) atoms. The van der Waals surface area contributed by atoms with E-state index >= 15 is 0 Å². The van der Waals surface area contributed by atoms with Gasteiger partial charge in [0.1, 0.15) is 12.3 Å². The van der Waals surface area contributed by atoms with Crippen molar-refractivity contribution in [3.8, 4) is 0 Å². The van der Waals surface area contributed by atoms with Crippen molar-refractivity contribution in [1.82, 2.24) is 10.3 Å². The van der Waals surface area contributed by atoms with Gasteiger partial charge in [0.05, 0.1) is 11.6 Å². The number of aryl methyl sites for hydroxylation is 2. The van der Waals surface area contributed by atoms with Crippen LogP contribution in [0.1, 0.15) is 20.4 Å². The van der Waals surface area contributed by atoms with Gasteiger partial charge in [0.25, 0.3) is 5.91 Å². The second-order valence-corrected chi connectivity index (χ2v) is 4.75. The third kappa shape index (κ3) is 4.49. The smallest absolute Gasteiger partial charge is 0.329 e. The SMILES string of the molecule is Cc1nc(C(=O)NCCOCC(=O)O)c(C)s1. The number of nitrogens with one attached hydrogen (secondary N) is 1. The molecule has 6 nitrogen and oxygen atoms in total. The molecule has 1 aromatic heterocycles. The Balaban J connectivity index is 2.30. The van der Waals surface area contributed by atoms with Gasteiger partial charge in [-0.15, -0.1) is 11.3 Å². The van der Waals surface area contributed by atoms with E-state index in [-0.39, 0.29) is 25.7 Å². The van der Waals surface area contributed by atoms with Gasteiger partial charge in [0.15, 0.2) is 0 Å². The molecule has 2 N–H and O–H groups in total. The first kappa shape index (κ1) is 13.6. The molecule has 0 saturated heterocycles. The molecule has 0 aliphatic carbocycles. The average molecular weight is 258 g/mol. The van der Waals surface area contributed by atoms with Crippen LogP contribution in [0.25, 0.3) is 0 Å². The van der Waals surface area contributed by atoms with E-state index in [1.165, 1.54) is 11.3 Å². The molecular formula is C10H14N2O4S. The van der Waals surface area contributed by atoms with Crippen molar-refractivity contribution in [3.63, 3.8) is 0 Å². The first-order valence-corrected chi connectivity index (χ1v) is 5.84. The van der Waals surface area contributed by atoms with Crippen LogP contribution in [0.2, 0.25) is 0 Å². The zero-order valence-electron chi connectivity index (χ0n) is 9.65. The fourth-order valence-corrected chi connectivity index (χ4v) is 2.03. The van der Waals surface area contributed by atoms with Gasteiger partial charge in [-0.3, -0.25) is 4.79 Å². The highest BCUT2D eigenvalue weighted by atomic mass is 32.1. The summed E-state index contributed by atoms with van der Waals surface area (Å²) in [6, 6.07) is 0. The summed E-state index contributed by atoms with van der Waals surface area (Å²) in [5.41, 5.74) is 0.422. The Labute approximate surface area is 103 Å². The van der Waals surface area contributed by atoms with E-state index in [1.54, 1.807) is 0 Å². The second-order valence-electron chi connectivity index (χ2n) is 3.34. The van der Waals surface area contributed by atoms with Crippen LogP contribution in [0.4, 0.5) is 0 Å². The maximum Gasteiger partial charge on any atom is 0.329 e. The van der Waals surface area contributed by atoms with Crippen molar-refractivity contribution in [3.05, 3.63) is 15.6 Å². The van der Waals surface area contributed by atoms with Crippen LogP contribution >= 0.6 is 11.3 Å². The Morgan fingerprint density at radius 3 is 2.71 bits per heavy atom. The van der Waals surface area contributed by atoms with Crippen molar-refractivity contribution in [2.75, 3.05) is 19.8 Å². The Bertz CT molecular complexity index is 416. The number of hydrogen-bond donors (Lipinski definition) is 2. The minimum atomic E-state index is -1.03. The Morgan fingerprint density at radius 2 is 2.18 bits per heavy atom. The molecule has 7 heteroatoms. The zero-order chi connectivity index (χ0) is 12.8. The summed E-state index contributed by atoms with van der Waals surface area (Å²) in [6.45, 7) is 3.75. The lowest BCUT2D eigenvalue weighted by atomic mass is 10.3. The molecule has 1 rings (SSSR count). The number of aliphatic carboxylic acids is 1. The van der Waals surface area contributed by atoms with Crippen LogP contribution in [0, 0.1) is 13.8 Å².